The van der Waals surface area contributed by atoms with Crippen molar-refractivity contribution in [1.82, 2.24) is 14.6 Å². The smallest absolute Gasteiger partial charge is 0.243 e. The number of rotatable bonds is 0. The first-order valence-corrected chi connectivity index (χ1v) is 4.50. The molecule has 2 aromatic rings. The fourth-order valence-electron chi connectivity index (χ4n) is 1.91. The maximum Gasteiger partial charge on any atom is 0.243 e. The average Bonchev–Trinajstić information content (AvgIpc) is 2.45. The van der Waals surface area contributed by atoms with Gasteiger partial charge in [0.05, 0.1) is 0 Å². The van der Waals surface area contributed by atoms with Gasteiger partial charge in [-0.3, -0.25) is 5.73 Å². The van der Waals surface area contributed by atoms with Gasteiger partial charge in [0.1, 0.15) is 11.8 Å². The van der Waals surface area contributed by atoms with Crippen LogP contribution in [0, 0.1) is 6.92 Å². The molecule has 0 bridgehead atoms. The quantitative estimate of drug-likeness (QED) is 0.647. The summed E-state index contributed by atoms with van der Waals surface area (Å²) in [5, 5.41) is 4.15. The molecule has 3 heterocycles. The maximum absolute atomic E-state index is 5.74. The van der Waals surface area contributed by atoms with E-state index in [0.717, 1.165) is 23.2 Å². The summed E-state index contributed by atoms with van der Waals surface area (Å²) in [6.45, 7) is 2.00. The van der Waals surface area contributed by atoms with Crippen molar-refractivity contribution < 1.29 is 4.74 Å². The van der Waals surface area contributed by atoms with Gasteiger partial charge in [-0.25, -0.2) is 4.52 Å². The van der Waals surface area contributed by atoms with Crippen molar-refractivity contribution >= 4 is 5.52 Å². The second-order valence-electron chi connectivity index (χ2n) is 3.50. The minimum absolute atomic E-state index is 0.289. The Hall–Kier alpha value is -1.62. The molecule has 0 radical (unpaired) electrons. The van der Waals surface area contributed by atoms with Crippen molar-refractivity contribution in [2.75, 3.05) is 0 Å². The molecule has 1 unspecified atom stereocenters. The first-order chi connectivity index (χ1) is 6.75. The van der Waals surface area contributed by atoms with Gasteiger partial charge in [0.2, 0.25) is 5.88 Å². The summed E-state index contributed by atoms with van der Waals surface area (Å²) >= 11 is 0. The Balaban J connectivity index is 2.41. The molecule has 0 spiro atoms. The predicted molar refractivity (Wildman–Crippen MR) is 50.0 cm³/mol. The molecule has 1 atom stereocenters. The van der Waals surface area contributed by atoms with E-state index >= 15 is 0 Å². The summed E-state index contributed by atoms with van der Waals surface area (Å²) < 4.78 is 7.26. The van der Waals surface area contributed by atoms with Crippen LogP contribution in [0.3, 0.4) is 0 Å². The molecular formula is C9H10N4O. The monoisotopic (exact) mass is 190 g/mol. The largest absolute Gasteiger partial charge is 0.457 e. The van der Waals surface area contributed by atoms with Crippen molar-refractivity contribution in [2.24, 2.45) is 5.73 Å². The SMILES string of the molecule is Cc1cc2c3c(ncnn13)OC(N)C2. The standard InChI is InChI=1S/C9H10N4O/c1-5-2-6-3-7(10)14-9-8(6)13(5)12-4-11-9/h2,4,7H,3,10H2,1H3. The number of aromatic nitrogens is 3. The molecule has 72 valence electrons. The molecule has 0 amide bonds. The maximum atomic E-state index is 5.74. The molecule has 0 saturated carbocycles. The molecule has 2 aromatic heterocycles. The molecule has 14 heavy (non-hydrogen) atoms. The highest BCUT2D eigenvalue weighted by atomic mass is 16.5. The van der Waals surface area contributed by atoms with Crippen LogP contribution < -0.4 is 10.5 Å². The van der Waals surface area contributed by atoms with E-state index in [2.05, 4.69) is 16.1 Å². The Morgan fingerprint density at radius 2 is 2.50 bits per heavy atom. The molecule has 1 aliphatic rings. The van der Waals surface area contributed by atoms with Crippen molar-refractivity contribution in [3.05, 3.63) is 23.7 Å². The Morgan fingerprint density at radius 1 is 1.64 bits per heavy atom. The highest BCUT2D eigenvalue weighted by Crippen LogP contribution is 2.28. The highest BCUT2D eigenvalue weighted by molar-refractivity contribution is 5.65. The third kappa shape index (κ3) is 0.871. The lowest BCUT2D eigenvalue weighted by molar-refractivity contribution is 0.195. The minimum Gasteiger partial charge on any atom is -0.457 e. The van der Waals surface area contributed by atoms with Crippen LogP contribution in [0.1, 0.15) is 11.3 Å². The van der Waals surface area contributed by atoms with Crippen molar-refractivity contribution in [2.45, 2.75) is 19.6 Å². The first kappa shape index (κ1) is 7.75. The summed E-state index contributed by atoms with van der Waals surface area (Å²) in [6, 6.07) is 2.08. The lowest BCUT2D eigenvalue weighted by atomic mass is 10.1. The van der Waals surface area contributed by atoms with Gasteiger partial charge in [0.25, 0.3) is 0 Å². The van der Waals surface area contributed by atoms with Gasteiger partial charge in [-0.2, -0.15) is 10.1 Å². The lowest BCUT2D eigenvalue weighted by Crippen LogP contribution is -2.32. The third-order valence-electron chi connectivity index (χ3n) is 2.46. The minimum atomic E-state index is -0.289. The van der Waals surface area contributed by atoms with Gasteiger partial charge in [-0.05, 0) is 18.6 Å². The van der Waals surface area contributed by atoms with Gasteiger partial charge in [-0.15, -0.1) is 0 Å². The van der Waals surface area contributed by atoms with E-state index < -0.39 is 0 Å². The van der Waals surface area contributed by atoms with Crippen LogP contribution in [0.25, 0.3) is 5.52 Å². The van der Waals surface area contributed by atoms with Crippen LogP contribution in [0.4, 0.5) is 0 Å². The Morgan fingerprint density at radius 3 is 3.36 bits per heavy atom. The molecule has 0 aliphatic carbocycles. The van der Waals surface area contributed by atoms with Gasteiger partial charge in [0.15, 0.2) is 6.23 Å². The molecule has 0 fully saturated rings. The summed E-state index contributed by atoms with van der Waals surface area (Å²) in [5.41, 5.74) is 8.94. The number of nitrogens with two attached hydrogens (primary N) is 1. The number of hydrogen-bond acceptors (Lipinski definition) is 4. The number of hydrogen-bond donors (Lipinski definition) is 1. The van der Waals surface area contributed by atoms with Crippen LogP contribution in [-0.4, -0.2) is 20.8 Å². The van der Waals surface area contributed by atoms with E-state index in [9.17, 15) is 0 Å². The Kier molecular flexibility index (Phi) is 1.36. The highest BCUT2D eigenvalue weighted by Gasteiger charge is 2.22. The fourth-order valence-corrected chi connectivity index (χ4v) is 1.91. The summed E-state index contributed by atoms with van der Waals surface area (Å²) in [7, 11) is 0. The van der Waals surface area contributed by atoms with E-state index in [4.69, 9.17) is 10.5 Å². The van der Waals surface area contributed by atoms with Crippen LogP contribution in [-0.2, 0) is 6.42 Å². The molecule has 1 aliphatic heterocycles. The van der Waals surface area contributed by atoms with Gasteiger partial charge in [0, 0.05) is 12.1 Å². The Bertz CT molecular complexity index is 505. The molecule has 3 rings (SSSR count). The zero-order chi connectivity index (χ0) is 9.71. The zero-order valence-electron chi connectivity index (χ0n) is 7.77. The number of aryl methyl sites for hydroxylation is 1. The molecule has 0 saturated heterocycles. The lowest BCUT2D eigenvalue weighted by Gasteiger charge is -2.18. The van der Waals surface area contributed by atoms with Crippen LogP contribution in [0.15, 0.2) is 12.4 Å². The average molecular weight is 190 g/mol. The van der Waals surface area contributed by atoms with Crippen LogP contribution >= 0.6 is 0 Å². The predicted octanol–water partition coefficient (Wildman–Crippen LogP) is 0.257. The summed E-state index contributed by atoms with van der Waals surface area (Å²) in [5.74, 6) is 0.585. The van der Waals surface area contributed by atoms with E-state index in [1.165, 1.54) is 6.33 Å². The van der Waals surface area contributed by atoms with E-state index in [1.807, 2.05) is 11.4 Å². The second-order valence-corrected chi connectivity index (χ2v) is 3.50. The number of ether oxygens (including phenoxy) is 1. The zero-order valence-corrected chi connectivity index (χ0v) is 7.77. The van der Waals surface area contributed by atoms with Crippen LogP contribution in [0.2, 0.25) is 0 Å². The van der Waals surface area contributed by atoms with Crippen molar-refractivity contribution in [1.29, 1.82) is 0 Å². The van der Waals surface area contributed by atoms with Gasteiger partial charge >= 0.3 is 0 Å². The second kappa shape index (κ2) is 2.45. The summed E-state index contributed by atoms with van der Waals surface area (Å²) in [4.78, 5) is 4.07. The molecule has 0 aromatic carbocycles. The molecule has 5 nitrogen and oxygen atoms in total. The third-order valence-corrected chi connectivity index (χ3v) is 2.46. The molecular weight excluding hydrogens is 180 g/mol. The van der Waals surface area contributed by atoms with Gasteiger partial charge < -0.3 is 4.74 Å². The van der Waals surface area contributed by atoms with E-state index in [1.54, 1.807) is 0 Å². The molecule has 2 N–H and O–H groups in total. The first-order valence-electron chi connectivity index (χ1n) is 4.50. The van der Waals surface area contributed by atoms with E-state index in [0.29, 0.717) is 5.88 Å². The fraction of sp³-hybridized carbons (Fsp3) is 0.333. The van der Waals surface area contributed by atoms with E-state index in [-0.39, 0.29) is 6.23 Å². The number of nitrogens with zero attached hydrogens (tertiary/aromatic N) is 3. The van der Waals surface area contributed by atoms with Crippen LogP contribution in [0.5, 0.6) is 5.88 Å². The van der Waals surface area contributed by atoms with Crippen molar-refractivity contribution in [3.8, 4) is 5.88 Å². The topological polar surface area (TPSA) is 65.4 Å². The Labute approximate surface area is 80.5 Å². The van der Waals surface area contributed by atoms with Gasteiger partial charge in [-0.1, -0.05) is 0 Å². The summed E-state index contributed by atoms with van der Waals surface area (Å²) in [6.07, 6.45) is 1.91. The normalized spacial score (nSPS) is 19.7. The van der Waals surface area contributed by atoms with Crippen molar-refractivity contribution in [3.63, 3.8) is 0 Å². The molecule has 5 heteroatoms.